The van der Waals surface area contributed by atoms with Crippen LogP contribution in [0.15, 0.2) is 29.2 Å². The molecule has 1 fully saturated rings. The quantitative estimate of drug-likeness (QED) is 0.659. The smallest absolute Gasteiger partial charge is 0.272 e. The van der Waals surface area contributed by atoms with Crippen LogP contribution in [0.2, 0.25) is 5.02 Å². The normalized spacial score (nSPS) is 15.1. The number of pyridine rings is 1. The molecule has 0 aliphatic heterocycles. The Morgan fingerprint density at radius 3 is 2.78 bits per heavy atom. The molecule has 2 heterocycles. The number of aryl methyl sites for hydroxylation is 1. The fraction of sp³-hybridized carbons (Fsp3) is 0.350. The summed E-state index contributed by atoms with van der Waals surface area (Å²) < 4.78 is 21.1. The Morgan fingerprint density at radius 2 is 2.11 bits per heavy atom. The molecule has 1 saturated carbocycles. The molecule has 4 rings (SSSR count). The molecule has 1 atom stereocenters. The summed E-state index contributed by atoms with van der Waals surface area (Å²) in [6.45, 7) is 3.74. The summed E-state index contributed by atoms with van der Waals surface area (Å²) in [6.07, 6.45) is 3.83. The molecule has 0 amide bonds. The van der Waals surface area contributed by atoms with Gasteiger partial charge in [0.1, 0.15) is 11.2 Å². The van der Waals surface area contributed by atoms with Crippen molar-refractivity contribution >= 4 is 22.6 Å². The molecule has 27 heavy (non-hydrogen) atoms. The van der Waals surface area contributed by atoms with E-state index in [9.17, 15) is 9.18 Å². The van der Waals surface area contributed by atoms with Crippen LogP contribution in [0.1, 0.15) is 31.5 Å². The lowest BCUT2D eigenvalue weighted by Crippen LogP contribution is -2.28. The number of hydrogen-bond donors (Lipinski definition) is 0. The second kappa shape index (κ2) is 6.60. The summed E-state index contributed by atoms with van der Waals surface area (Å²) in [6, 6.07) is 4.56. The number of fused-ring (bicyclic) bond motifs is 1. The minimum Gasteiger partial charge on any atom is -0.494 e. The number of ether oxygens (including phenoxy) is 1. The van der Waals surface area contributed by atoms with Crippen LogP contribution in [0.25, 0.3) is 22.3 Å². The van der Waals surface area contributed by atoms with Crippen LogP contribution in [0.5, 0.6) is 5.75 Å². The number of hydrogen-bond acceptors (Lipinski definition) is 4. The predicted molar refractivity (Wildman–Crippen MR) is 103 cm³/mol. The first kappa shape index (κ1) is 17.9. The molecule has 1 aromatic carbocycles. The topological polar surface area (TPSA) is 57.0 Å². The van der Waals surface area contributed by atoms with Crippen molar-refractivity contribution < 1.29 is 9.13 Å². The van der Waals surface area contributed by atoms with Gasteiger partial charge in [0, 0.05) is 23.9 Å². The van der Waals surface area contributed by atoms with E-state index in [1.54, 1.807) is 23.8 Å². The van der Waals surface area contributed by atoms with Crippen LogP contribution >= 0.6 is 11.6 Å². The number of benzene rings is 1. The van der Waals surface area contributed by atoms with E-state index >= 15 is 0 Å². The highest BCUT2D eigenvalue weighted by Gasteiger charge is 2.31. The summed E-state index contributed by atoms with van der Waals surface area (Å²) in [5.41, 5.74) is 2.35. The lowest BCUT2D eigenvalue weighted by atomic mass is 10.1. The van der Waals surface area contributed by atoms with Gasteiger partial charge in [0.25, 0.3) is 5.56 Å². The van der Waals surface area contributed by atoms with Crippen LogP contribution in [-0.4, -0.2) is 21.6 Å². The molecule has 5 nitrogen and oxygen atoms in total. The number of halogens is 2. The Balaban J connectivity index is 2.01. The third-order valence-electron chi connectivity index (χ3n) is 5.18. The molecule has 7 heteroatoms. The van der Waals surface area contributed by atoms with Crippen molar-refractivity contribution in [1.82, 2.24) is 14.5 Å². The lowest BCUT2D eigenvalue weighted by molar-refractivity contribution is 0.386. The van der Waals surface area contributed by atoms with E-state index in [2.05, 4.69) is 16.9 Å². The highest BCUT2D eigenvalue weighted by atomic mass is 35.5. The van der Waals surface area contributed by atoms with Gasteiger partial charge < -0.3 is 9.30 Å². The van der Waals surface area contributed by atoms with Crippen molar-refractivity contribution in [2.75, 3.05) is 7.11 Å². The number of methoxy groups -OCH3 is 1. The van der Waals surface area contributed by atoms with Crippen LogP contribution in [-0.2, 0) is 0 Å². The van der Waals surface area contributed by atoms with Gasteiger partial charge in [-0.2, -0.15) is 0 Å². The van der Waals surface area contributed by atoms with E-state index in [1.165, 1.54) is 19.2 Å². The monoisotopic (exact) mass is 387 g/mol. The predicted octanol–water partition coefficient (Wildman–Crippen LogP) is 4.54. The second-order valence-electron chi connectivity index (χ2n) is 6.94. The van der Waals surface area contributed by atoms with Gasteiger partial charge in [-0.1, -0.05) is 11.6 Å². The first-order valence-corrected chi connectivity index (χ1v) is 9.21. The second-order valence-corrected chi connectivity index (χ2v) is 7.35. The molecule has 1 aliphatic rings. The molecule has 0 radical (unpaired) electrons. The van der Waals surface area contributed by atoms with Crippen LogP contribution in [0.4, 0.5) is 4.39 Å². The van der Waals surface area contributed by atoms with Crippen molar-refractivity contribution in [3.63, 3.8) is 0 Å². The van der Waals surface area contributed by atoms with Crippen LogP contribution in [0.3, 0.4) is 0 Å². The molecule has 0 saturated heterocycles. The minimum absolute atomic E-state index is 0.0624. The highest BCUT2D eigenvalue weighted by Crippen LogP contribution is 2.40. The molecule has 140 valence electrons. The van der Waals surface area contributed by atoms with E-state index < -0.39 is 5.82 Å². The SMILES string of the molecule is COc1cc(Cl)c(-c2nccc3c2nc(C)c(=O)n3[C@@H](C)C2CC2)cc1F. The zero-order valence-corrected chi connectivity index (χ0v) is 16.0. The van der Waals surface area contributed by atoms with Crippen LogP contribution in [0, 0.1) is 18.7 Å². The van der Waals surface area contributed by atoms with E-state index in [4.69, 9.17) is 16.3 Å². The summed E-state index contributed by atoms with van der Waals surface area (Å²) in [4.78, 5) is 21.7. The molecule has 0 spiro atoms. The number of nitrogens with zero attached hydrogens (tertiary/aromatic N) is 3. The van der Waals surface area contributed by atoms with Crippen molar-refractivity contribution in [3.05, 3.63) is 51.3 Å². The summed E-state index contributed by atoms with van der Waals surface area (Å²) in [5, 5.41) is 0.306. The van der Waals surface area contributed by atoms with Crippen molar-refractivity contribution in [3.8, 4) is 17.0 Å². The summed E-state index contributed by atoms with van der Waals surface area (Å²) in [7, 11) is 1.38. The Hall–Kier alpha value is -2.47. The van der Waals surface area contributed by atoms with Gasteiger partial charge in [-0.25, -0.2) is 9.37 Å². The zero-order chi connectivity index (χ0) is 19.3. The number of rotatable bonds is 4. The maximum absolute atomic E-state index is 14.3. The van der Waals surface area contributed by atoms with E-state index in [0.717, 1.165) is 12.8 Å². The van der Waals surface area contributed by atoms with E-state index in [0.29, 0.717) is 38.9 Å². The standard InChI is InChI=1S/C20H19ClFN3O2/c1-10-20(26)25(11(2)12-4-5-12)16-6-7-23-18(19(16)24-10)13-8-15(22)17(27-3)9-14(13)21/h6-9,11-12H,4-5H2,1-3H3/t11-/m0/s1. The average molecular weight is 388 g/mol. The first-order valence-electron chi connectivity index (χ1n) is 8.83. The fourth-order valence-electron chi connectivity index (χ4n) is 3.51. The Kier molecular flexibility index (Phi) is 4.38. The van der Waals surface area contributed by atoms with Gasteiger partial charge in [0.15, 0.2) is 11.6 Å². The zero-order valence-electron chi connectivity index (χ0n) is 15.3. The molecule has 1 aliphatic carbocycles. The molecular weight excluding hydrogens is 369 g/mol. The van der Waals surface area contributed by atoms with E-state index in [1.807, 2.05) is 0 Å². The average Bonchev–Trinajstić information content (AvgIpc) is 3.49. The fourth-order valence-corrected chi connectivity index (χ4v) is 3.75. The Bertz CT molecular complexity index is 1110. The van der Waals surface area contributed by atoms with Crippen LogP contribution < -0.4 is 10.3 Å². The van der Waals surface area contributed by atoms with Gasteiger partial charge in [-0.15, -0.1) is 0 Å². The van der Waals surface area contributed by atoms with Gasteiger partial charge in [-0.3, -0.25) is 9.78 Å². The summed E-state index contributed by atoms with van der Waals surface area (Å²) in [5.74, 6) is 0.0193. The third kappa shape index (κ3) is 2.98. The highest BCUT2D eigenvalue weighted by molar-refractivity contribution is 6.33. The lowest BCUT2D eigenvalue weighted by Gasteiger charge is -2.19. The van der Waals surface area contributed by atoms with Gasteiger partial charge in [-0.05, 0) is 44.7 Å². The largest absolute Gasteiger partial charge is 0.494 e. The molecule has 2 aromatic heterocycles. The Morgan fingerprint density at radius 1 is 1.37 bits per heavy atom. The van der Waals surface area contributed by atoms with E-state index in [-0.39, 0.29) is 17.4 Å². The molecule has 0 N–H and O–H groups in total. The van der Waals surface area contributed by atoms with Gasteiger partial charge in [0.05, 0.1) is 23.3 Å². The minimum atomic E-state index is -0.535. The maximum atomic E-state index is 14.3. The van der Waals surface area contributed by atoms with Crippen molar-refractivity contribution in [2.45, 2.75) is 32.7 Å². The summed E-state index contributed by atoms with van der Waals surface area (Å²) >= 11 is 6.37. The third-order valence-corrected chi connectivity index (χ3v) is 5.49. The van der Waals surface area contributed by atoms with Gasteiger partial charge >= 0.3 is 0 Å². The first-order chi connectivity index (χ1) is 12.9. The molecular formula is C20H19ClFN3O2. The van der Waals surface area contributed by atoms with Crippen molar-refractivity contribution in [1.29, 1.82) is 0 Å². The molecule has 0 bridgehead atoms. The molecule has 0 unspecified atom stereocenters. The maximum Gasteiger partial charge on any atom is 0.272 e. The molecule has 3 aromatic rings. The van der Waals surface area contributed by atoms with Gasteiger partial charge in [0.2, 0.25) is 0 Å². The van der Waals surface area contributed by atoms with Crippen molar-refractivity contribution in [2.24, 2.45) is 5.92 Å². The number of aromatic nitrogens is 3. The Labute approximate surface area is 160 Å².